The second-order valence-electron chi connectivity index (χ2n) is 3.42. The molecule has 7 nitrogen and oxygen atoms in total. The molecule has 18 heavy (non-hydrogen) atoms. The maximum absolute atomic E-state index is 11.8. The van der Waals surface area contributed by atoms with Gasteiger partial charge in [0.2, 0.25) is 10.0 Å². The van der Waals surface area contributed by atoms with Crippen LogP contribution in [0, 0.1) is 0 Å². The van der Waals surface area contributed by atoms with E-state index in [0.717, 1.165) is 0 Å². The number of nitrogens with one attached hydrogen (secondary N) is 2. The molecule has 0 saturated carbocycles. The lowest BCUT2D eigenvalue weighted by Gasteiger charge is -2.09. The van der Waals surface area contributed by atoms with Crippen LogP contribution in [0.3, 0.4) is 0 Å². The van der Waals surface area contributed by atoms with Gasteiger partial charge in [0.15, 0.2) is 0 Å². The number of nitrogens with zero attached hydrogens (tertiary/aromatic N) is 1. The van der Waals surface area contributed by atoms with E-state index < -0.39 is 15.9 Å². The summed E-state index contributed by atoms with van der Waals surface area (Å²) in [6, 6.07) is 1.59. The van der Waals surface area contributed by atoms with Crippen molar-refractivity contribution in [2.24, 2.45) is 5.14 Å². The molecule has 0 aliphatic carbocycles. The summed E-state index contributed by atoms with van der Waals surface area (Å²) in [5, 5.41) is 10.1. The van der Waals surface area contributed by atoms with Crippen molar-refractivity contribution < 1.29 is 13.2 Å². The highest BCUT2D eigenvalue weighted by molar-refractivity contribution is 9.10. The zero-order valence-corrected chi connectivity index (χ0v) is 12.0. The molecule has 1 rings (SSSR count). The molecule has 0 radical (unpaired) electrons. The first kappa shape index (κ1) is 14.9. The summed E-state index contributed by atoms with van der Waals surface area (Å²) in [6.45, 7) is -0.0483. The van der Waals surface area contributed by atoms with Gasteiger partial charge in [0.1, 0.15) is 5.82 Å². The van der Waals surface area contributed by atoms with Crippen LogP contribution in [0.15, 0.2) is 16.7 Å². The molecule has 1 amide bonds. The molecule has 0 fully saturated rings. The van der Waals surface area contributed by atoms with Crippen LogP contribution in [-0.2, 0) is 10.0 Å². The summed E-state index contributed by atoms with van der Waals surface area (Å²) in [7, 11) is -1.94. The number of primary sulfonamides is 1. The predicted molar refractivity (Wildman–Crippen MR) is 71.8 cm³/mol. The van der Waals surface area contributed by atoms with E-state index in [1.807, 2.05) is 0 Å². The number of hydrogen-bond donors (Lipinski definition) is 3. The molecule has 100 valence electrons. The fraction of sp³-hybridized carbons (Fsp3) is 0.333. The van der Waals surface area contributed by atoms with Crippen molar-refractivity contribution in [3.63, 3.8) is 0 Å². The number of aromatic nitrogens is 1. The Labute approximate surface area is 113 Å². The maximum atomic E-state index is 11.8. The number of carbonyl (C=O) groups is 1. The Balaban J connectivity index is 2.75. The van der Waals surface area contributed by atoms with Crippen molar-refractivity contribution in [2.75, 3.05) is 24.7 Å². The van der Waals surface area contributed by atoms with Gasteiger partial charge in [-0.15, -0.1) is 0 Å². The highest BCUT2D eigenvalue weighted by atomic mass is 79.9. The standard InChI is InChI=1S/C9H13BrN4O3S/c1-12-8-7(4-6(10)5-14-8)9(15)13-2-3-18(11,16)17/h4-5H,2-3H2,1H3,(H,12,14)(H,13,15)(H2,11,16,17). The van der Waals surface area contributed by atoms with Crippen LogP contribution in [0.5, 0.6) is 0 Å². The van der Waals surface area contributed by atoms with Gasteiger partial charge in [-0.05, 0) is 22.0 Å². The summed E-state index contributed by atoms with van der Waals surface area (Å²) in [6.07, 6.45) is 1.55. The molecule has 0 aromatic carbocycles. The monoisotopic (exact) mass is 336 g/mol. The van der Waals surface area contributed by atoms with Crippen molar-refractivity contribution in [1.82, 2.24) is 10.3 Å². The topological polar surface area (TPSA) is 114 Å². The van der Waals surface area contributed by atoms with Gasteiger partial charge < -0.3 is 10.6 Å². The zero-order chi connectivity index (χ0) is 13.8. The first-order chi connectivity index (χ1) is 8.33. The summed E-state index contributed by atoms with van der Waals surface area (Å²) in [4.78, 5) is 15.8. The largest absolute Gasteiger partial charge is 0.372 e. The predicted octanol–water partition coefficient (Wildman–Crippen LogP) is -0.0959. The Hall–Kier alpha value is -1.19. The van der Waals surface area contributed by atoms with Crippen molar-refractivity contribution >= 4 is 37.7 Å². The molecule has 1 aromatic heterocycles. The molecule has 0 saturated heterocycles. The maximum Gasteiger partial charge on any atom is 0.255 e. The lowest BCUT2D eigenvalue weighted by molar-refractivity contribution is 0.0956. The normalized spacial score (nSPS) is 11.1. The molecular weight excluding hydrogens is 324 g/mol. The Kier molecular flexibility index (Phi) is 5.05. The molecule has 1 heterocycles. The molecular formula is C9H13BrN4O3S. The smallest absolute Gasteiger partial charge is 0.255 e. The van der Waals surface area contributed by atoms with Crippen LogP contribution in [0.1, 0.15) is 10.4 Å². The lowest BCUT2D eigenvalue weighted by atomic mass is 10.2. The van der Waals surface area contributed by atoms with Crippen LogP contribution in [-0.4, -0.2) is 38.7 Å². The van der Waals surface area contributed by atoms with Gasteiger partial charge >= 0.3 is 0 Å². The SMILES string of the molecule is CNc1ncc(Br)cc1C(=O)NCCS(N)(=O)=O. The van der Waals surface area contributed by atoms with Gasteiger partial charge in [-0.3, -0.25) is 4.79 Å². The summed E-state index contributed by atoms with van der Waals surface area (Å²) in [5.74, 6) is -0.321. The van der Waals surface area contributed by atoms with Crippen molar-refractivity contribution in [3.8, 4) is 0 Å². The highest BCUT2D eigenvalue weighted by Crippen LogP contribution is 2.17. The van der Waals surface area contributed by atoms with Crippen molar-refractivity contribution in [2.45, 2.75) is 0 Å². The van der Waals surface area contributed by atoms with Crippen molar-refractivity contribution in [3.05, 3.63) is 22.3 Å². The van der Waals surface area contributed by atoms with Gasteiger partial charge in [0, 0.05) is 24.3 Å². The number of sulfonamides is 1. The van der Waals surface area contributed by atoms with Crippen molar-refractivity contribution in [1.29, 1.82) is 0 Å². The molecule has 0 atom stereocenters. The Morgan fingerprint density at radius 3 is 2.78 bits per heavy atom. The van der Waals surface area contributed by atoms with Crippen LogP contribution in [0.2, 0.25) is 0 Å². The number of rotatable bonds is 5. The van der Waals surface area contributed by atoms with Gasteiger partial charge in [-0.1, -0.05) is 0 Å². The first-order valence-corrected chi connectivity index (χ1v) is 7.46. The quantitative estimate of drug-likeness (QED) is 0.694. The van der Waals surface area contributed by atoms with Crippen LogP contribution < -0.4 is 15.8 Å². The Morgan fingerprint density at radius 2 is 2.22 bits per heavy atom. The molecule has 0 spiro atoms. The second kappa shape index (κ2) is 6.12. The summed E-state index contributed by atoms with van der Waals surface area (Å²) in [5.41, 5.74) is 0.321. The fourth-order valence-corrected chi connectivity index (χ4v) is 1.93. The van der Waals surface area contributed by atoms with E-state index in [1.165, 1.54) is 0 Å². The van der Waals surface area contributed by atoms with Gasteiger partial charge in [-0.25, -0.2) is 18.5 Å². The molecule has 0 aliphatic rings. The van der Waals surface area contributed by atoms with Crippen LogP contribution in [0.25, 0.3) is 0 Å². The lowest BCUT2D eigenvalue weighted by Crippen LogP contribution is -2.32. The molecule has 0 unspecified atom stereocenters. The summed E-state index contributed by atoms with van der Waals surface area (Å²) < 4.78 is 22.1. The number of carbonyl (C=O) groups excluding carboxylic acids is 1. The molecule has 0 bridgehead atoms. The third kappa shape index (κ3) is 4.59. The number of amides is 1. The minimum atomic E-state index is -3.58. The average molecular weight is 337 g/mol. The average Bonchev–Trinajstić information content (AvgIpc) is 2.27. The molecule has 4 N–H and O–H groups in total. The molecule has 1 aromatic rings. The minimum absolute atomic E-state index is 0.0483. The Bertz CT molecular complexity index is 547. The van der Waals surface area contributed by atoms with E-state index >= 15 is 0 Å². The second-order valence-corrected chi connectivity index (χ2v) is 6.07. The van der Waals surface area contributed by atoms with E-state index in [9.17, 15) is 13.2 Å². The number of halogens is 1. The van der Waals surface area contributed by atoms with Crippen LogP contribution >= 0.6 is 15.9 Å². The number of pyridine rings is 1. The number of nitrogens with two attached hydrogens (primary N) is 1. The van der Waals surface area contributed by atoms with E-state index in [2.05, 4.69) is 31.5 Å². The van der Waals surface area contributed by atoms with Crippen LogP contribution in [0.4, 0.5) is 5.82 Å². The third-order valence-electron chi connectivity index (χ3n) is 2.01. The minimum Gasteiger partial charge on any atom is -0.372 e. The van der Waals surface area contributed by atoms with Gasteiger partial charge in [-0.2, -0.15) is 0 Å². The highest BCUT2D eigenvalue weighted by Gasteiger charge is 2.13. The van der Waals surface area contributed by atoms with E-state index in [4.69, 9.17) is 5.14 Å². The Morgan fingerprint density at radius 1 is 1.56 bits per heavy atom. The molecule has 9 heteroatoms. The summed E-state index contributed by atoms with van der Waals surface area (Å²) >= 11 is 3.21. The number of hydrogen-bond acceptors (Lipinski definition) is 5. The molecule has 0 aliphatic heterocycles. The zero-order valence-electron chi connectivity index (χ0n) is 9.60. The third-order valence-corrected chi connectivity index (χ3v) is 3.21. The van der Waals surface area contributed by atoms with Gasteiger partial charge in [0.25, 0.3) is 5.91 Å². The number of anilines is 1. The van der Waals surface area contributed by atoms with E-state index in [1.54, 1.807) is 19.3 Å². The van der Waals surface area contributed by atoms with Gasteiger partial charge in [0.05, 0.1) is 11.3 Å². The van der Waals surface area contributed by atoms with E-state index in [0.29, 0.717) is 15.9 Å². The first-order valence-electron chi connectivity index (χ1n) is 4.95. The fourth-order valence-electron chi connectivity index (χ4n) is 1.21. The van der Waals surface area contributed by atoms with E-state index in [-0.39, 0.29) is 12.3 Å².